The maximum absolute atomic E-state index is 11.5. The first-order valence-corrected chi connectivity index (χ1v) is 7.46. The Morgan fingerprint density at radius 3 is 2.56 bits per heavy atom. The molecular weight excluding hydrogens is 246 g/mol. The Labute approximate surface area is 113 Å². The summed E-state index contributed by atoms with van der Waals surface area (Å²) < 4.78 is 5.66. The molecule has 0 spiro atoms. The van der Waals surface area contributed by atoms with Crippen LogP contribution in [0.5, 0.6) is 0 Å². The summed E-state index contributed by atoms with van der Waals surface area (Å²) in [6.45, 7) is 3.51. The maximum Gasteiger partial charge on any atom is 0.171 e. The second kappa shape index (κ2) is 5.93. The average Bonchev–Trinajstić information content (AvgIpc) is 2.74. The molecule has 0 radical (unpaired) electrons. The number of ether oxygens (including phenoxy) is 1. The van der Waals surface area contributed by atoms with E-state index in [2.05, 4.69) is 4.98 Å². The number of methoxy groups -OCH3 is 1. The highest BCUT2D eigenvalue weighted by Crippen LogP contribution is 2.38. The fourth-order valence-corrected chi connectivity index (χ4v) is 3.93. The molecule has 1 saturated carbocycles. The second-order valence-electron chi connectivity index (χ2n) is 5.08. The zero-order valence-electron chi connectivity index (χ0n) is 11.4. The molecule has 100 valence electrons. The Kier molecular flexibility index (Phi) is 4.51. The lowest BCUT2D eigenvalue weighted by Crippen LogP contribution is -2.17. The number of ketones is 1. The largest absolute Gasteiger partial charge is 0.374 e. The molecule has 0 aliphatic heterocycles. The number of Topliss-reactive ketones (excluding diaryl/α,β-unsaturated/α-hetero) is 1. The van der Waals surface area contributed by atoms with Crippen LogP contribution in [0.4, 0.5) is 0 Å². The van der Waals surface area contributed by atoms with Gasteiger partial charge < -0.3 is 4.74 Å². The molecule has 4 heteroatoms. The Hall–Kier alpha value is -0.740. The van der Waals surface area contributed by atoms with Gasteiger partial charge in [0.05, 0.1) is 10.6 Å². The number of carbonyl (C=O) groups excluding carboxylic acids is 1. The standard InChI is InChI=1S/C14H21NO2S/c1-9-13(10(2)16)18-14(15-9)12(17-3)11-7-5-4-6-8-11/h11-12H,4-8H2,1-3H3. The van der Waals surface area contributed by atoms with Crippen LogP contribution in [-0.4, -0.2) is 17.9 Å². The van der Waals surface area contributed by atoms with Crippen molar-refractivity contribution in [1.29, 1.82) is 0 Å². The van der Waals surface area contributed by atoms with Crippen LogP contribution in [0.15, 0.2) is 0 Å². The molecule has 1 atom stereocenters. The molecule has 1 aliphatic carbocycles. The van der Waals surface area contributed by atoms with E-state index >= 15 is 0 Å². The van der Waals surface area contributed by atoms with E-state index in [1.54, 1.807) is 14.0 Å². The first kappa shape index (κ1) is 13.7. The lowest BCUT2D eigenvalue weighted by molar-refractivity contribution is 0.0352. The van der Waals surface area contributed by atoms with Crippen LogP contribution >= 0.6 is 11.3 Å². The van der Waals surface area contributed by atoms with Gasteiger partial charge in [-0.3, -0.25) is 4.79 Å². The molecule has 2 rings (SSSR count). The average molecular weight is 267 g/mol. The van der Waals surface area contributed by atoms with Gasteiger partial charge in [-0.15, -0.1) is 11.3 Å². The van der Waals surface area contributed by atoms with Crippen molar-refractivity contribution in [3.05, 3.63) is 15.6 Å². The van der Waals surface area contributed by atoms with Gasteiger partial charge >= 0.3 is 0 Å². The van der Waals surface area contributed by atoms with Crippen LogP contribution < -0.4 is 0 Å². The number of hydrogen-bond acceptors (Lipinski definition) is 4. The van der Waals surface area contributed by atoms with Crippen LogP contribution in [-0.2, 0) is 4.74 Å². The monoisotopic (exact) mass is 267 g/mol. The summed E-state index contributed by atoms with van der Waals surface area (Å²) in [5, 5.41) is 0.979. The van der Waals surface area contributed by atoms with Crippen LogP contribution in [0.2, 0.25) is 0 Å². The second-order valence-corrected chi connectivity index (χ2v) is 6.11. The quantitative estimate of drug-likeness (QED) is 0.776. The molecular formula is C14H21NO2S. The third-order valence-corrected chi connectivity index (χ3v) is 5.03. The highest BCUT2D eigenvalue weighted by atomic mass is 32.1. The predicted molar refractivity (Wildman–Crippen MR) is 73.2 cm³/mol. The Morgan fingerprint density at radius 1 is 1.39 bits per heavy atom. The number of nitrogens with zero attached hydrogens (tertiary/aromatic N) is 1. The Morgan fingerprint density at radius 2 is 2.06 bits per heavy atom. The first-order chi connectivity index (χ1) is 8.63. The number of aryl methyl sites for hydroxylation is 1. The molecule has 0 amide bonds. The van der Waals surface area contributed by atoms with Gasteiger partial charge in [-0.25, -0.2) is 4.98 Å². The van der Waals surface area contributed by atoms with Crippen molar-refractivity contribution in [2.24, 2.45) is 5.92 Å². The van der Waals surface area contributed by atoms with Gasteiger partial charge in [-0.05, 0) is 25.7 Å². The van der Waals surface area contributed by atoms with Crippen LogP contribution in [0, 0.1) is 12.8 Å². The van der Waals surface area contributed by atoms with Crippen molar-refractivity contribution in [3.63, 3.8) is 0 Å². The van der Waals surface area contributed by atoms with Crippen LogP contribution in [0.3, 0.4) is 0 Å². The van der Waals surface area contributed by atoms with E-state index < -0.39 is 0 Å². The van der Waals surface area contributed by atoms with E-state index in [0.717, 1.165) is 15.6 Å². The van der Waals surface area contributed by atoms with E-state index in [-0.39, 0.29) is 11.9 Å². The summed E-state index contributed by atoms with van der Waals surface area (Å²) in [5.41, 5.74) is 0.848. The first-order valence-electron chi connectivity index (χ1n) is 6.64. The minimum atomic E-state index is 0.0714. The van der Waals surface area contributed by atoms with Crippen molar-refractivity contribution < 1.29 is 9.53 Å². The van der Waals surface area contributed by atoms with Gasteiger partial charge in [-0.2, -0.15) is 0 Å². The molecule has 0 aromatic carbocycles. The molecule has 1 aliphatic rings. The SMILES string of the molecule is COC(c1nc(C)c(C(C)=O)s1)C1CCCCC1. The zero-order chi connectivity index (χ0) is 13.1. The van der Waals surface area contributed by atoms with E-state index in [9.17, 15) is 4.79 Å². The summed E-state index contributed by atoms with van der Waals surface area (Å²) in [6.07, 6.45) is 6.41. The smallest absolute Gasteiger partial charge is 0.171 e. The van der Waals surface area contributed by atoms with Gasteiger partial charge in [0.2, 0.25) is 0 Å². The summed E-state index contributed by atoms with van der Waals surface area (Å²) in [4.78, 5) is 16.8. The molecule has 0 saturated heterocycles. The lowest BCUT2D eigenvalue weighted by Gasteiger charge is -2.27. The molecule has 1 aromatic heterocycles. The fraction of sp³-hybridized carbons (Fsp3) is 0.714. The van der Waals surface area contributed by atoms with Crippen LogP contribution in [0.25, 0.3) is 0 Å². The topological polar surface area (TPSA) is 39.2 Å². The normalized spacial score (nSPS) is 18.8. The summed E-state index contributed by atoms with van der Waals surface area (Å²) >= 11 is 1.51. The van der Waals surface area contributed by atoms with Gasteiger partial charge in [0, 0.05) is 14.0 Å². The lowest BCUT2D eigenvalue weighted by atomic mass is 9.85. The van der Waals surface area contributed by atoms with E-state index in [1.165, 1.54) is 43.4 Å². The number of rotatable bonds is 4. The fourth-order valence-electron chi connectivity index (χ4n) is 2.80. The summed E-state index contributed by atoms with van der Waals surface area (Å²) in [6, 6.07) is 0. The van der Waals surface area contributed by atoms with Crippen molar-refractivity contribution in [2.45, 2.75) is 52.1 Å². The predicted octanol–water partition coefficient (Wildman–Crippen LogP) is 3.92. The zero-order valence-corrected chi connectivity index (χ0v) is 12.2. The minimum Gasteiger partial charge on any atom is -0.374 e. The summed E-state index contributed by atoms with van der Waals surface area (Å²) in [7, 11) is 1.75. The molecule has 0 N–H and O–H groups in total. The van der Waals surface area contributed by atoms with Gasteiger partial charge in [0.1, 0.15) is 11.1 Å². The molecule has 18 heavy (non-hydrogen) atoms. The Balaban J connectivity index is 2.21. The minimum absolute atomic E-state index is 0.0714. The molecule has 3 nitrogen and oxygen atoms in total. The number of hydrogen-bond donors (Lipinski definition) is 0. The highest BCUT2D eigenvalue weighted by molar-refractivity contribution is 7.13. The van der Waals surface area contributed by atoms with Gasteiger partial charge in [0.15, 0.2) is 5.78 Å². The molecule has 1 heterocycles. The van der Waals surface area contributed by atoms with Gasteiger partial charge in [0.25, 0.3) is 0 Å². The third kappa shape index (κ3) is 2.81. The van der Waals surface area contributed by atoms with E-state index in [1.807, 2.05) is 6.92 Å². The van der Waals surface area contributed by atoms with Crippen molar-refractivity contribution in [3.8, 4) is 0 Å². The maximum atomic E-state index is 11.5. The molecule has 0 bridgehead atoms. The molecule has 1 unspecified atom stereocenters. The van der Waals surface area contributed by atoms with Crippen molar-refractivity contribution in [1.82, 2.24) is 4.98 Å². The van der Waals surface area contributed by atoms with E-state index in [4.69, 9.17) is 4.74 Å². The van der Waals surface area contributed by atoms with Gasteiger partial charge in [-0.1, -0.05) is 19.3 Å². The number of carbonyl (C=O) groups is 1. The number of thiazole rings is 1. The van der Waals surface area contributed by atoms with Crippen molar-refractivity contribution in [2.75, 3.05) is 7.11 Å². The molecule has 1 fully saturated rings. The summed E-state index contributed by atoms with van der Waals surface area (Å²) in [5.74, 6) is 0.670. The molecule has 1 aromatic rings. The highest BCUT2D eigenvalue weighted by Gasteiger charge is 2.28. The van der Waals surface area contributed by atoms with Crippen molar-refractivity contribution >= 4 is 17.1 Å². The Bertz CT molecular complexity index is 421. The third-order valence-electron chi connectivity index (χ3n) is 3.71. The van der Waals surface area contributed by atoms with Crippen LogP contribution in [0.1, 0.15) is 65.5 Å². The number of aromatic nitrogens is 1. The van der Waals surface area contributed by atoms with E-state index in [0.29, 0.717) is 5.92 Å².